The van der Waals surface area contributed by atoms with Gasteiger partial charge in [-0.25, -0.2) is 9.97 Å². The average Bonchev–Trinajstić information content (AvgIpc) is 2.47. The lowest BCUT2D eigenvalue weighted by Crippen LogP contribution is -1.97. The number of pyridine rings is 1. The molecule has 0 radical (unpaired) electrons. The van der Waals surface area contributed by atoms with Crippen molar-refractivity contribution < 1.29 is 0 Å². The van der Waals surface area contributed by atoms with Crippen LogP contribution in [-0.2, 0) is 0 Å². The van der Waals surface area contributed by atoms with Gasteiger partial charge in [0.2, 0.25) is 0 Å². The van der Waals surface area contributed by atoms with E-state index in [0.717, 1.165) is 11.2 Å². The number of imidazole rings is 1. The van der Waals surface area contributed by atoms with E-state index in [2.05, 4.69) is 28.4 Å². The molecule has 0 amide bonds. The minimum absolute atomic E-state index is 0.444. The highest BCUT2D eigenvalue weighted by molar-refractivity contribution is 5.70. The molecule has 0 fully saturated rings. The highest BCUT2D eigenvalue weighted by atomic mass is 15.1. The lowest BCUT2D eigenvalue weighted by Gasteiger charge is -2.06. The molecular weight excluding hydrogens is 150 g/mol. The van der Waals surface area contributed by atoms with Gasteiger partial charge < -0.3 is 4.57 Å². The van der Waals surface area contributed by atoms with Crippen LogP contribution in [-0.4, -0.2) is 14.5 Å². The van der Waals surface area contributed by atoms with Crippen molar-refractivity contribution in [1.82, 2.24) is 14.5 Å². The van der Waals surface area contributed by atoms with Crippen LogP contribution < -0.4 is 0 Å². The molecule has 0 aliphatic rings. The molecule has 0 aromatic carbocycles. The minimum atomic E-state index is 0.444. The topological polar surface area (TPSA) is 30.7 Å². The Bertz CT molecular complexity index is 389. The largest absolute Gasteiger partial charge is 0.327 e. The molecule has 0 saturated heterocycles. The molecule has 12 heavy (non-hydrogen) atoms. The van der Waals surface area contributed by atoms with Crippen LogP contribution in [0.2, 0.25) is 0 Å². The number of fused-ring (bicyclic) bond motifs is 1. The summed E-state index contributed by atoms with van der Waals surface area (Å²) in [6.45, 7) is 4.27. The maximum atomic E-state index is 4.19. The summed E-state index contributed by atoms with van der Waals surface area (Å²) >= 11 is 0. The Morgan fingerprint density at radius 1 is 1.33 bits per heavy atom. The number of aromatic nitrogens is 3. The summed E-state index contributed by atoms with van der Waals surface area (Å²) in [5.74, 6) is 0. The lowest BCUT2D eigenvalue weighted by atomic mass is 10.3. The molecule has 3 nitrogen and oxygen atoms in total. The molecule has 0 aliphatic carbocycles. The first kappa shape index (κ1) is 7.28. The van der Waals surface area contributed by atoms with Crippen molar-refractivity contribution in [1.29, 1.82) is 0 Å². The second-order valence-corrected chi connectivity index (χ2v) is 3.09. The molecular formula is C9H11N3. The molecule has 0 spiro atoms. The van der Waals surface area contributed by atoms with Gasteiger partial charge in [-0.2, -0.15) is 0 Å². The fourth-order valence-electron chi connectivity index (χ4n) is 1.28. The Morgan fingerprint density at radius 2 is 2.17 bits per heavy atom. The lowest BCUT2D eigenvalue weighted by molar-refractivity contribution is 0.617. The SMILES string of the molecule is CC(C)n1cnc2ncccc21. The van der Waals surface area contributed by atoms with E-state index in [-0.39, 0.29) is 0 Å². The van der Waals surface area contributed by atoms with Gasteiger partial charge in [0, 0.05) is 12.2 Å². The standard InChI is InChI=1S/C9H11N3/c1-7(2)12-6-11-9-8(12)4-3-5-10-9/h3-7H,1-2H3. The fourth-order valence-corrected chi connectivity index (χ4v) is 1.28. The van der Waals surface area contributed by atoms with Crippen molar-refractivity contribution in [2.45, 2.75) is 19.9 Å². The summed E-state index contributed by atoms with van der Waals surface area (Å²) in [5, 5.41) is 0. The van der Waals surface area contributed by atoms with Crippen LogP contribution in [0, 0.1) is 0 Å². The van der Waals surface area contributed by atoms with Crippen LogP contribution in [0.15, 0.2) is 24.7 Å². The van der Waals surface area contributed by atoms with E-state index in [9.17, 15) is 0 Å². The number of rotatable bonds is 1. The molecule has 0 atom stereocenters. The van der Waals surface area contributed by atoms with Crippen LogP contribution >= 0.6 is 0 Å². The van der Waals surface area contributed by atoms with Gasteiger partial charge in [0.05, 0.1) is 11.8 Å². The summed E-state index contributed by atoms with van der Waals surface area (Å²) < 4.78 is 2.11. The Kier molecular flexibility index (Phi) is 1.57. The molecule has 0 aliphatic heterocycles. The van der Waals surface area contributed by atoms with Crippen molar-refractivity contribution in [3.05, 3.63) is 24.7 Å². The summed E-state index contributed by atoms with van der Waals surface area (Å²) in [6.07, 6.45) is 3.60. The summed E-state index contributed by atoms with van der Waals surface area (Å²) in [7, 11) is 0. The second kappa shape index (κ2) is 2.59. The van der Waals surface area contributed by atoms with Crippen molar-refractivity contribution in [2.24, 2.45) is 0 Å². The molecule has 2 rings (SSSR count). The zero-order valence-corrected chi connectivity index (χ0v) is 7.23. The quantitative estimate of drug-likeness (QED) is 0.640. The highest BCUT2D eigenvalue weighted by Gasteiger charge is 2.03. The number of nitrogens with zero attached hydrogens (tertiary/aromatic N) is 3. The summed E-state index contributed by atoms with van der Waals surface area (Å²) in [4.78, 5) is 8.34. The van der Waals surface area contributed by atoms with Gasteiger partial charge in [0.25, 0.3) is 0 Å². The first-order chi connectivity index (χ1) is 5.79. The van der Waals surface area contributed by atoms with Gasteiger partial charge in [-0.1, -0.05) is 0 Å². The fraction of sp³-hybridized carbons (Fsp3) is 0.333. The van der Waals surface area contributed by atoms with E-state index in [1.807, 2.05) is 18.5 Å². The first-order valence-electron chi connectivity index (χ1n) is 4.06. The molecule has 0 bridgehead atoms. The van der Waals surface area contributed by atoms with Crippen LogP contribution in [0.4, 0.5) is 0 Å². The normalized spacial score (nSPS) is 11.2. The highest BCUT2D eigenvalue weighted by Crippen LogP contribution is 2.14. The van der Waals surface area contributed by atoms with Gasteiger partial charge in [-0.3, -0.25) is 0 Å². The predicted molar refractivity (Wildman–Crippen MR) is 47.9 cm³/mol. The second-order valence-electron chi connectivity index (χ2n) is 3.09. The van der Waals surface area contributed by atoms with Gasteiger partial charge in [-0.05, 0) is 26.0 Å². The van der Waals surface area contributed by atoms with Gasteiger partial charge in [0.15, 0.2) is 5.65 Å². The van der Waals surface area contributed by atoms with E-state index in [1.165, 1.54) is 0 Å². The average molecular weight is 161 g/mol. The summed E-state index contributed by atoms with van der Waals surface area (Å²) in [5.41, 5.74) is 1.93. The third-order valence-corrected chi connectivity index (χ3v) is 1.91. The zero-order chi connectivity index (χ0) is 8.55. The molecule has 0 unspecified atom stereocenters. The molecule has 2 aromatic rings. The van der Waals surface area contributed by atoms with Crippen LogP contribution in [0.5, 0.6) is 0 Å². The molecule has 2 aromatic heterocycles. The van der Waals surface area contributed by atoms with Crippen LogP contribution in [0.3, 0.4) is 0 Å². The minimum Gasteiger partial charge on any atom is -0.327 e. The van der Waals surface area contributed by atoms with Crippen molar-refractivity contribution in [3.63, 3.8) is 0 Å². The van der Waals surface area contributed by atoms with E-state index in [0.29, 0.717) is 6.04 Å². The maximum absolute atomic E-state index is 4.19. The van der Waals surface area contributed by atoms with Crippen molar-refractivity contribution >= 4 is 11.2 Å². The summed E-state index contributed by atoms with van der Waals surface area (Å²) in [6, 6.07) is 4.41. The Morgan fingerprint density at radius 3 is 2.92 bits per heavy atom. The van der Waals surface area contributed by atoms with E-state index >= 15 is 0 Å². The number of hydrogen-bond donors (Lipinski definition) is 0. The van der Waals surface area contributed by atoms with E-state index in [4.69, 9.17) is 0 Å². The molecule has 62 valence electrons. The van der Waals surface area contributed by atoms with Gasteiger partial charge >= 0.3 is 0 Å². The maximum Gasteiger partial charge on any atom is 0.177 e. The monoisotopic (exact) mass is 161 g/mol. The van der Waals surface area contributed by atoms with Gasteiger partial charge in [-0.15, -0.1) is 0 Å². The van der Waals surface area contributed by atoms with Crippen LogP contribution in [0.1, 0.15) is 19.9 Å². The van der Waals surface area contributed by atoms with Crippen molar-refractivity contribution in [3.8, 4) is 0 Å². The van der Waals surface area contributed by atoms with Crippen molar-refractivity contribution in [2.75, 3.05) is 0 Å². The third kappa shape index (κ3) is 0.978. The Balaban J connectivity index is 2.70. The molecule has 3 heteroatoms. The van der Waals surface area contributed by atoms with E-state index < -0.39 is 0 Å². The molecule has 0 saturated carbocycles. The van der Waals surface area contributed by atoms with Gasteiger partial charge in [0.1, 0.15) is 0 Å². The smallest absolute Gasteiger partial charge is 0.177 e. The van der Waals surface area contributed by atoms with Crippen LogP contribution in [0.25, 0.3) is 11.2 Å². The Hall–Kier alpha value is -1.38. The zero-order valence-electron chi connectivity index (χ0n) is 7.23. The predicted octanol–water partition coefficient (Wildman–Crippen LogP) is 2.01. The number of hydrogen-bond acceptors (Lipinski definition) is 2. The molecule has 2 heterocycles. The third-order valence-electron chi connectivity index (χ3n) is 1.91. The molecule has 0 N–H and O–H groups in total. The Labute approximate surface area is 71.1 Å². The first-order valence-corrected chi connectivity index (χ1v) is 4.06. The van der Waals surface area contributed by atoms with E-state index in [1.54, 1.807) is 6.20 Å².